The van der Waals surface area contributed by atoms with Gasteiger partial charge in [-0.1, -0.05) is 50.0 Å². The summed E-state index contributed by atoms with van der Waals surface area (Å²) in [7, 11) is 0. The maximum atomic E-state index is 12.2. The van der Waals surface area contributed by atoms with E-state index in [1.807, 2.05) is 13.0 Å². The van der Waals surface area contributed by atoms with Gasteiger partial charge in [0.1, 0.15) is 0 Å². The van der Waals surface area contributed by atoms with Crippen LogP contribution in [0.15, 0.2) is 18.2 Å². The smallest absolute Gasteiger partial charge is 0.227 e. The van der Waals surface area contributed by atoms with E-state index in [9.17, 15) is 4.79 Å². The average molecular weight is 302 g/mol. The molecule has 0 saturated heterocycles. The maximum absolute atomic E-state index is 12.2. The van der Waals surface area contributed by atoms with E-state index >= 15 is 0 Å². The van der Waals surface area contributed by atoms with Crippen LogP contribution in [0, 0.1) is 5.92 Å². The molecule has 1 aromatic rings. The summed E-state index contributed by atoms with van der Waals surface area (Å²) in [5.74, 6) is 0.480. The zero-order valence-electron chi connectivity index (χ0n) is 11.7. The molecule has 1 rings (SSSR count). The molecule has 1 unspecified atom stereocenters. The molecule has 0 saturated carbocycles. The highest BCUT2D eigenvalue weighted by molar-refractivity contribution is 6.42. The number of hydrogen-bond donors (Lipinski definition) is 1. The zero-order chi connectivity index (χ0) is 14.4. The van der Waals surface area contributed by atoms with E-state index in [-0.39, 0.29) is 11.8 Å². The number of rotatable bonds is 6. The van der Waals surface area contributed by atoms with Crippen LogP contribution in [0.2, 0.25) is 10.0 Å². The highest BCUT2D eigenvalue weighted by atomic mass is 35.5. The molecule has 4 heteroatoms. The Morgan fingerprint density at radius 2 is 1.95 bits per heavy atom. The molecule has 0 aliphatic heterocycles. The van der Waals surface area contributed by atoms with Gasteiger partial charge in [-0.25, -0.2) is 0 Å². The fourth-order valence-corrected chi connectivity index (χ4v) is 2.22. The van der Waals surface area contributed by atoms with Gasteiger partial charge in [0.15, 0.2) is 0 Å². The summed E-state index contributed by atoms with van der Waals surface area (Å²) >= 11 is 11.9. The van der Waals surface area contributed by atoms with Gasteiger partial charge in [-0.3, -0.25) is 4.79 Å². The van der Waals surface area contributed by atoms with Crippen molar-refractivity contribution < 1.29 is 4.79 Å². The molecule has 0 aromatic heterocycles. The van der Waals surface area contributed by atoms with Crippen LogP contribution in [-0.4, -0.2) is 12.5 Å². The minimum atomic E-state index is -0.165. The first-order chi connectivity index (χ1) is 8.95. The van der Waals surface area contributed by atoms with Crippen LogP contribution in [0.1, 0.15) is 45.1 Å². The Morgan fingerprint density at radius 3 is 2.47 bits per heavy atom. The number of amides is 1. The van der Waals surface area contributed by atoms with Crippen molar-refractivity contribution in [2.45, 2.75) is 39.5 Å². The lowest BCUT2D eigenvalue weighted by Gasteiger charge is -2.16. The molecule has 1 amide bonds. The molecule has 19 heavy (non-hydrogen) atoms. The molecule has 1 aromatic carbocycles. The van der Waals surface area contributed by atoms with Gasteiger partial charge in [0.25, 0.3) is 0 Å². The van der Waals surface area contributed by atoms with Crippen LogP contribution in [0.3, 0.4) is 0 Å². The largest absolute Gasteiger partial charge is 0.356 e. The Kier molecular flexibility index (Phi) is 6.67. The van der Waals surface area contributed by atoms with Crippen LogP contribution in [-0.2, 0) is 4.79 Å². The standard InChI is InChI=1S/C15H21Cl2NO/c1-4-12(15(19)18-8-7-10(2)3)11-5-6-13(16)14(17)9-11/h5-6,9-10,12H,4,7-8H2,1-3H3,(H,18,19). The molecule has 0 aliphatic carbocycles. The normalized spacial score (nSPS) is 12.5. The monoisotopic (exact) mass is 301 g/mol. The summed E-state index contributed by atoms with van der Waals surface area (Å²) in [6.07, 6.45) is 1.73. The number of hydrogen-bond acceptors (Lipinski definition) is 1. The van der Waals surface area contributed by atoms with Crippen LogP contribution in [0.5, 0.6) is 0 Å². The van der Waals surface area contributed by atoms with Gasteiger partial charge in [0, 0.05) is 6.54 Å². The van der Waals surface area contributed by atoms with E-state index in [2.05, 4.69) is 19.2 Å². The number of benzene rings is 1. The van der Waals surface area contributed by atoms with Crippen molar-refractivity contribution in [1.29, 1.82) is 0 Å². The highest BCUT2D eigenvalue weighted by Crippen LogP contribution is 2.28. The number of nitrogens with one attached hydrogen (secondary N) is 1. The SMILES string of the molecule is CCC(C(=O)NCCC(C)C)c1ccc(Cl)c(Cl)c1. The van der Waals surface area contributed by atoms with E-state index in [4.69, 9.17) is 23.2 Å². The number of halogens is 2. The summed E-state index contributed by atoms with van der Waals surface area (Å²) in [6, 6.07) is 5.38. The van der Waals surface area contributed by atoms with Gasteiger partial charge in [0.2, 0.25) is 5.91 Å². The van der Waals surface area contributed by atoms with Gasteiger partial charge in [0.05, 0.1) is 16.0 Å². The lowest BCUT2D eigenvalue weighted by Crippen LogP contribution is -2.30. The fourth-order valence-electron chi connectivity index (χ4n) is 1.91. The third-order valence-electron chi connectivity index (χ3n) is 3.09. The Balaban J connectivity index is 2.70. The van der Waals surface area contributed by atoms with E-state index in [0.29, 0.717) is 22.5 Å². The molecule has 0 aliphatic rings. The topological polar surface area (TPSA) is 29.1 Å². The fraction of sp³-hybridized carbons (Fsp3) is 0.533. The van der Waals surface area contributed by atoms with Crippen molar-refractivity contribution in [3.05, 3.63) is 33.8 Å². The number of carbonyl (C=O) groups excluding carboxylic acids is 1. The van der Waals surface area contributed by atoms with Gasteiger partial charge < -0.3 is 5.32 Å². The van der Waals surface area contributed by atoms with E-state index < -0.39 is 0 Å². The lowest BCUT2D eigenvalue weighted by molar-refractivity contribution is -0.122. The predicted octanol–water partition coefficient (Wildman–Crippen LogP) is 4.65. The van der Waals surface area contributed by atoms with Crippen LogP contribution < -0.4 is 5.32 Å². The van der Waals surface area contributed by atoms with Crippen molar-refractivity contribution >= 4 is 29.1 Å². The molecular weight excluding hydrogens is 281 g/mol. The number of carbonyl (C=O) groups is 1. The molecule has 0 fully saturated rings. The van der Waals surface area contributed by atoms with Crippen LogP contribution >= 0.6 is 23.2 Å². The van der Waals surface area contributed by atoms with Gasteiger partial charge in [-0.05, 0) is 36.5 Å². The zero-order valence-corrected chi connectivity index (χ0v) is 13.2. The minimum absolute atomic E-state index is 0.0570. The van der Waals surface area contributed by atoms with Crippen molar-refractivity contribution in [1.82, 2.24) is 5.32 Å². The molecular formula is C15H21Cl2NO. The first-order valence-corrected chi connectivity index (χ1v) is 7.44. The second-order valence-corrected chi connectivity index (χ2v) is 5.92. The molecule has 2 nitrogen and oxygen atoms in total. The predicted molar refractivity (Wildman–Crippen MR) is 82.0 cm³/mol. The molecule has 0 spiro atoms. The molecule has 0 bridgehead atoms. The molecule has 0 heterocycles. The van der Waals surface area contributed by atoms with E-state index in [1.54, 1.807) is 12.1 Å². The van der Waals surface area contributed by atoms with Crippen LogP contribution in [0.4, 0.5) is 0 Å². The van der Waals surface area contributed by atoms with Crippen molar-refractivity contribution in [2.75, 3.05) is 6.54 Å². The van der Waals surface area contributed by atoms with Crippen molar-refractivity contribution in [3.63, 3.8) is 0 Å². The summed E-state index contributed by atoms with van der Waals surface area (Å²) in [5.41, 5.74) is 0.916. The van der Waals surface area contributed by atoms with Gasteiger partial charge in [-0.15, -0.1) is 0 Å². The van der Waals surface area contributed by atoms with E-state index in [1.165, 1.54) is 0 Å². The highest BCUT2D eigenvalue weighted by Gasteiger charge is 2.19. The molecule has 1 N–H and O–H groups in total. The van der Waals surface area contributed by atoms with Gasteiger partial charge >= 0.3 is 0 Å². The first-order valence-electron chi connectivity index (χ1n) is 6.68. The minimum Gasteiger partial charge on any atom is -0.356 e. The molecule has 106 valence electrons. The molecule has 1 atom stereocenters. The van der Waals surface area contributed by atoms with Crippen molar-refractivity contribution in [3.8, 4) is 0 Å². The quantitative estimate of drug-likeness (QED) is 0.814. The van der Waals surface area contributed by atoms with Gasteiger partial charge in [-0.2, -0.15) is 0 Å². The molecule has 0 radical (unpaired) electrons. The van der Waals surface area contributed by atoms with E-state index in [0.717, 1.165) is 18.4 Å². The third kappa shape index (κ3) is 5.04. The Labute approximate surface area is 125 Å². The second kappa shape index (κ2) is 7.76. The van der Waals surface area contributed by atoms with Crippen LogP contribution in [0.25, 0.3) is 0 Å². The second-order valence-electron chi connectivity index (χ2n) is 5.11. The first kappa shape index (κ1) is 16.3. The summed E-state index contributed by atoms with van der Waals surface area (Å²) in [4.78, 5) is 12.2. The summed E-state index contributed by atoms with van der Waals surface area (Å²) in [6.45, 7) is 6.99. The lowest BCUT2D eigenvalue weighted by atomic mass is 9.95. The summed E-state index contributed by atoms with van der Waals surface area (Å²) in [5, 5.41) is 3.99. The maximum Gasteiger partial charge on any atom is 0.227 e. The third-order valence-corrected chi connectivity index (χ3v) is 3.83. The Morgan fingerprint density at radius 1 is 1.26 bits per heavy atom. The average Bonchev–Trinajstić information content (AvgIpc) is 2.34. The Bertz CT molecular complexity index is 432. The van der Waals surface area contributed by atoms with Crippen molar-refractivity contribution in [2.24, 2.45) is 5.92 Å². The summed E-state index contributed by atoms with van der Waals surface area (Å²) < 4.78 is 0. The Hall–Kier alpha value is -0.730.